The molecule has 2 radical (unpaired) electrons. The van der Waals surface area contributed by atoms with Gasteiger partial charge < -0.3 is 21.2 Å². The van der Waals surface area contributed by atoms with E-state index in [2.05, 4.69) is 53.4 Å². The van der Waals surface area contributed by atoms with Gasteiger partial charge in [-0.3, -0.25) is 9.99 Å². The average Bonchev–Trinajstić information content (AvgIpc) is 3.53. The fourth-order valence-corrected chi connectivity index (χ4v) is 5.19. The maximum atomic E-state index is 9.94. The van der Waals surface area contributed by atoms with Gasteiger partial charge in [-0.1, -0.05) is 62.2 Å². The fraction of sp³-hybridized carbons (Fsp3) is 0.357. The number of hydrogen-bond donors (Lipinski definition) is 5. The van der Waals surface area contributed by atoms with E-state index in [-0.39, 0.29) is 17.6 Å². The van der Waals surface area contributed by atoms with Crippen molar-refractivity contribution in [2.24, 2.45) is 5.41 Å². The molecule has 1 aliphatic heterocycles. The number of aliphatic hydroxyl groups excluding tert-OH is 1. The van der Waals surface area contributed by atoms with Gasteiger partial charge in [0.05, 0.1) is 45.1 Å². The van der Waals surface area contributed by atoms with Crippen LogP contribution in [0.4, 0.5) is 11.4 Å². The van der Waals surface area contributed by atoms with Crippen LogP contribution in [0.5, 0.6) is 0 Å². The molecule has 0 spiro atoms. The van der Waals surface area contributed by atoms with Gasteiger partial charge in [-0.05, 0) is 42.0 Å². The summed E-state index contributed by atoms with van der Waals surface area (Å²) in [4.78, 5) is 4.46. The minimum absolute atomic E-state index is 0.0153. The zero-order valence-corrected chi connectivity index (χ0v) is 23.6. The van der Waals surface area contributed by atoms with Crippen molar-refractivity contribution in [1.82, 2.24) is 21.0 Å². The predicted molar refractivity (Wildman–Crippen MR) is 157 cm³/mol. The Morgan fingerprint density at radius 1 is 1.21 bits per heavy atom. The van der Waals surface area contributed by atoms with Crippen molar-refractivity contribution in [2.75, 3.05) is 23.8 Å². The highest BCUT2D eigenvalue weighted by Gasteiger charge is 2.49. The first kappa shape index (κ1) is 27.4. The molecule has 1 aromatic heterocycles. The van der Waals surface area contributed by atoms with Crippen LogP contribution in [0.2, 0.25) is 10.0 Å². The Balaban J connectivity index is 1.61. The number of benzene rings is 2. The molecule has 8 nitrogen and oxygen atoms in total. The molecule has 5 rings (SSSR count). The summed E-state index contributed by atoms with van der Waals surface area (Å²) in [6, 6.07) is 13.2. The lowest BCUT2D eigenvalue weighted by Gasteiger charge is -2.35. The molecule has 1 fully saturated rings. The van der Waals surface area contributed by atoms with E-state index in [4.69, 9.17) is 31.0 Å². The number of fused-ring (bicyclic) bond motifs is 1. The van der Waals surface area contributed by atoms with Gasteiger partial charge in [0, 0.05) is 35.0 Å². The van der Waals surface area contributed by atoms with Crippen LogP contribution in [0.1, 0.15) is 44.7 Å². The molecular weight excluding hydrogens is 532 g/mol. The second-order valence-electron chi connectivity index (χ2n) is 11.4. The summed E-state index contributed by atoms with van der Waals surface area (Å²) in [5.41, 5.74) is 8.08. The SMILES string of the molecule is [B]C(Nc1cc(Cl)c2ncc(C#N)c(NCC(C)(C)C)c2c1)(C1=CN(C2(CO)CC2)NN1)c1ccccc1Cl. The van der Waals surface area contributed by atoms with Crippen LogP contribution in [-0.4, -0.2) is 41.6 Å². The fourth-order valence-electron chi connectivity index (χ4n) is 4.64. The first-order chi connectivity index (χ1) is 18.5. The minimum atomic E-state index is -1.32. The van der Waals surface area contributed by atoms with E-state index in [9.17, 15) is 10.4 Å². The molecule has 2 aliphatic rings. The lowest BCUT2D eigenvalue weighted by atomic mass is 9.69. The van der Waals surface area contributed by atoms with E-state index >= 15 is 0 Å². The lowest BCUT2D eigenvalue weighted by Crippen LogP contribution is -2.48. The van der Waals surface area contributed by atoms with Crippen molar-refractivity contribution >= 4 is 53.3 Å². The molecule has 0 amide bonds. The number of hydrazine groups is 2. The predicted octanol–water partition coefficient (Wildman–Crippen LogP) is 5.00. The molecule has 2 aromatic carbocycles. The van der Waals surface area contributed by atoms with Gasteiger partial charge in [0.25, 0.3) is 0 Å². The Morgan fingerprint density at radius 2 is 1.95 bits per heavy atom. The largest absolute Gasteiger partial charge is 0.394 e. The van der Waals surface area contributed by atoms with Crippen LogP contribution in [0.3, 0.4) is 0 Å². The molecule has 5 N–H and O–H groups in total. The van der Waals surface area contributed by atoms with Crippen LogP contribution in [0.15, 0.2) is 54.5 Å². The van der Waals surface area contributed by atoms with Crippen LogP contribution >= 0.6 is 23.2 Å². The van der Waals surface area contributed by atoms with Crippen molar-refractivity contribution in [3.63, 3.8) is 0 Å². The molecule has 11 heteroatoms. The Bertz CT molecular complexity index is 1500. The van der Waals surface area contributed by atoms with Crippen LogP contribution in [0, 0.1) is 16.7 Å². The van der Waals surface area contributed by atoms with Gasteiger partial charge in [0.15, 0.2) is 0 Å². The second-order valence-corrected chi connectivity index (χ2v) is 12.2. The summed E-state index contributed by atoms with van der Waals surface area (Å²) in [5.74, 6) is 0. The van der Waals surface area contributed by atoms with Gasteiger partial charge >= 0.3 is 0 Å². The summed E-state index contributed by atoms with van der Waals surface area (Å²) >= 11 is 13.4. The topological polar surface area (TPSA) is 108 Å². The molecule has 1 unspecified atom stereocenters. The minimum Gasteiger partial charge on any atom is -0.394 e. The number of aliphatic hydroxyl groups is 1. The third-order valence-electron chi connectivity index (χ3n) is 7.11. The van der Waals surface area contributed by atoms with Crippen LogP contribution in [-0.2, 0) is 5.44 Å². The number of nitrogens with zero attached hydrogens (tertiary/aromatic N) is 3. The highest BCUT2D eigenvalue weighted by molar-refractivity contribution is 6.36. The van der Waals surface area contributed by atoms with Gasteiger partial charge in [-0.25, -0.2) is 0 Å². The first-order valence-corrected chi connectivity index (χ1v) is 13.5. The summed E-state index contributed by atoms with van der Waals surface area (Å²) in [6.45, 7) is 7.00. The average molecular weight is 562 g/mol. The molecule has 1 saturated carbocycles. The van der Waals surface area contributed by atoms with E-state index < -0.39 is 5.44 Å². The highest BCUT2D eigenvalue weighted by Crippen LogP contribution is 2.44. The maximum Gasteiger partial charge on any atom is 0.119 e. The molecule has 0 bridgehead atoms. The molecule has 39 heavy (non-hydrogen) atoms. The molecule has 1 atom stereocenters. The molecule has 2 heterocycles. The zero-order chi connectivity index (χ0) is 28.0. The summed E-state index contributed by atoms with van der Waals surface area (Å²) in [6.07, 6.45) is 5.11. The molecular formula is C28H30BCl2N7O. The van der Waals surface area contributed by atoms with E-state index in [0.29, 0.717) is 55.7 Å². The normalized spacial score (nSPS) is 17.7. The smallest absolute Gasteiger partial charge is 0.119 e. The quantitative estimate of drug-likeness (QED) is 0.245. The third kappa shape index (κ3) is 5.22. The summed E-state index contributed by atoms with van der Waals surface area (Å²) in [5, 5.41) is 30.1. The van der Waals surface area contributed by atoms with Crippen LogP contribution in [0.25, 0.3) is 10.9 Å². The van der Waals surface area contributed by atoms with E-state index in [0.717, 1.165) is 12.8 Å². The van der Waals surface area contributed by atoms with Crippen molar-refractivity contribution in [3.8, 4) is 6.07 Å². The number of nitrogens with one attached hydrogen (secondary N) is 4. The molecule has 0 saturated heterocycles. The number of rotatable bonds is 8. The number of halogens is 2. The Kier molecular flexibility index (Phi) is 7.10. The van der Waals surface area contributed by atoms with Gasteiger partial charge in [0.2, 0.25) is 0 Å². The number of hydrogen-bond acceptors (Lipinski definition) is 8. The number of nitriles is 1. The third-order valence-corrected chi connectivity index (χ3v) is 7.73. The van der Waals surface area contributed by atoms with Crippen molar-refractivity contribution in [2.45, 2.75) is 44.6 Å². The van der Waals surface area contributed by atoms with Crippen molar-refractivity contribution < 1.29 is 5.11 Å². The van der Waals surface area contributed by atoms with E-state index in [1.807, 2.05) is 35.5 Å². The summed E-state index contributed by atoms with van der Waals surface area (Å²) in [7, 11) is 7.15. The van der Waals surface area contributed by atoms with E-state index in [1.54, 1.807) is 12.1 Å². The molecule has 1 aliphatic carbocycles. The highest BCUT2D eigenvalue weighted by atomic mass is 35.5. The monoisotopic (exact) mass is 561 g/mol. The summed E-state index contributed by atoms with van der Waals surface area (Å²) < 4.78 is 0. The van der Waals surface area contributed by atoms with E-state index in [1.165, 1.54) is 6.20 Å². The van der Waals surface area contributed by atoms with Crippen LogP contribution < -0.4 is 21.6 Å². The van der Waals surface area contributed by atoms with Gasteiger partial charge in [-0.15, -0.1) is 5.53 Å². The molecule has 3 aromatic rings. The lowest BCUT2D eigenvalue weighted by molar-refractivity contribution is 0.106. The van der Waals surface area contributed by atoms with Crippen molar-refractivity contribution in [3.05, 3.63) is 75.7 Å². The first-order valence-electron chi connectivity index (χ1n) is 12.7. The zero-order valence-electron chi connectivity index (χ0n) is 22.1. The number of pyridine rings is 1. The Labute approximate surface area is 239 Å². The maximum absolute atomic E-state index is 9.94. The van der Waals surface area contributed by atoms with Gasteiger partial charge in [-0.2, -0.15) is 5.26 Å². The van der Waals surface area contributed by atoms with Crippen molar-refractivity contribution in [1.29, 1.82) is 5.26 Å². The Hall–Kier alpha value is -3.16. The standard InChI is InChI=1S/C28H30BCl2N7O/c1-26(2,3)15-34-24-17(12-32)13-33-25-19(24)10-18(11-22(25)31)35-28(29,20-6-4-5-7-21(20)30)23-14-38(37-36-23)27(16-39)8-9-27/h4-7,10-11,13-14,35-37,39H,8-9,15-16H2,1-3H3,(H,33,34). The Morgan fingerprint density at radius 3 is 2.59 bits per heavy atom. The second kappa shape index (κ2) is 10.1. The number of aromatic nitrogens is 1. The number of anilines is 2. The van der Waals surface area contributed by atoms with Gasteiger partial charge in [0.1, 0.15) is 13.9 Å². The molecule has 200 valence electrons.